The Kier molecular flexibility index (Phi) is 2.06. The Labute approximate surface area is 82.4 Å². The van der Waals surface area contributed by atoms with E-state index in [4.69, 9.17) is 10.5 Å². The van der Waals surface area contributed by atoms with Crippen molar-refractivity contribution >= 4 is 33.3 Å². The summed E-state index contributed by atoms with van der Waals surface area (Å²) in [6.07, 6.45) is 0. The molecule has 5 heteroatoms. The molecule has 2 heterocycles. The van der Waals surface area contributed by atoms with Gasteiger partial charge in [0.2, 0.25) is 0 Å². The summed E-state index contributed by atoms with van der Waals surface area (Å²) >= 11 is 5.10. The van der Waals surface area contributed by atoms with Crippen LogP contribution in [-0.4, -0.2) is 12.6 Å². The number of thiophene rings is 1. The molecule has 0 amide bonds. The smallest absolute Gasteiger partial charge is 0.282 e. The average molecular weight is 247 g/mol. The van der Waals surface area contributed by atoms with Crippen LogP contribution in [0.5, 0.6) is 0 Å². The highest BCUT2D eigenvalue weighted by atomic mass is 79.9. The fourth-order valence-electron chi connectivity index (χ4n) is 1.07. The second-order valence-corrected chi connectivity index (χ2v) is 4.23. The predicted octanol–water partition coefficient (Wildman–Crippen LogP) is 1.90. The van der Waals surface area contributed by atoms with Crippen LogP contribution in [-0.2, 0) is 4.74 Å². The van der Waals surface area contributed by atoms with Gasteiger partial charge < -0.3 is 10.5 Å². The number of hydrogen-bond donors (Lipinski definition) is 1. The summed E-state index contributed by atoms with van der Waals surface area (Å²) in [5, 5.41) is 2.02. The zero-order valence-corrected chi connectivity index (χ0v) is 8.56. The molecule has 1 unspecified atom stereocenters. The van der Waals surface area contributed by atoms with Crippen LogP contribution in [0.25, 0.3) is 0 Å². The van der Waals surface area contributed by atoms with E-state index in [2.05, 4.69) is 20.9 Å². The van der Waals surface area contributed by atoms with Gasteiger partial charge in [-0.05, 0) is 27.4 Å². The summed E-state index contributed by atoms with van der Waals surface area (Å²) < 4.78 is 6.14. The third kappa shape index (κ3) is 1.34. The summed E-state index contributed by atoms with van der Waals surface area (Å²) in [6.45, 7) is 0.560. The van der Waals surface area contributed by atoms with Crippen molar-refractivity contribution in [2.24, 2.45) is 10.7 Å². The molecule has 1 aromatic rings. The zero-order valence-electron chi connectivity index (χ0n) is 6.16. The van der Waals surface area contributed by atoms with E-state index < -0.39 is 0 Å². The molecule has 2 rings (SSSR count). The maximum Gasteiger partial charge on any atom is 0.282 e. The molecular weight excluding hydrogens is 240 g/mol. The van der Waals surface area contributed by atoms with Gasteiger partial charge in [-0.2, -0.15) is 0 Å². The van der Waals surface area contributed by atoms with E-state index in [1.54, 1.807) is 11.3 Å². The van der Waals surface area contributed by atoms with Gasteiger partial charge in [0.25, 0.3) is 6.02 Å². The van der Waals surface area contributed by atoms with Crippen molar-refractivity contribution < 1.29 is 4.74 Å². The quantitative estimate of drug-likeness (QED) is 0.823. The molecule has 64 valence electrons. The molecule has 1 atom stereocenters. The standard InChI is InChI=1S/C7H7BrN2OS/c8-4-1-2-12-6(4)5-3-11-7(9)10-5/h1-2,5H,3H2,(H2,9,10). The molecule has 3 nitrogen and oxygen atoms in total. The van der Waals surface area contributed by atoms with Gasteiger partial charge in [-0.3, -0.25) is 0 Å². The highest BCUT2D eigenvalue weighted by molar-refractivity contribution is 9.10. The van der Waals surface area contributed by atoms with Crippen LogP contribution in [0.15, 0.2) is 20.9 Å². The Morgan fingerprint density at radius 2 is 2.58 bits per heavy atom. The highest BCUT2D eigenvalue weighted by Gasteiger charge is 2.21. The molecule has 1 aliphatic rings. The highest BCUT2D eigenvalue weighted by Crippen LogP contribution is 2.33. The molecule has 0 radical (unpaired) electrons. The third-order valence-corrected chi connectivity index (χ3v) is 3.59. The lowest BCUT2D eigenvalue weighted by Crippen LogP contribution is -2.10. The summed E-state index contributed by atoms with van der Waals surface area (Å²) in [5.41, 5.74) is 5.40. The van der Waals surface area contributed by atoms with Crippen molar-refractivity contribution in [1.29, 1.82) is 0 Å². The first-order valence-corrected chi connectivity index (χ1v) is 5.13. The summed E-state index contributed by atoms with van der Waals surface area (Å²) in [7, 11) is 0. The molecule has 0 saturated carbocycles. The maximum atomic E-state index is 5.40. The first-order valence-electron chi connectivity index (χ1n) is 3.46. The largest absolute Gasteiger partial charge is 0.463 e. The molecule has 0 spiro atoms. The van der Waals surface area contributed by atoms with Crippen LogP contribution >= 0.6 is 27.3 Å². The van der Waals surface area contributed by atoms with E-state index in [-0.39, 0.29) is 6.04 Å². The number of hydrogen-bond acceptors (Lipinski definition) is 4. The predicted molar refractivity (Wildman–Crippen MR) is 52.3 cm³/mol. The van der Waals surface area contributed by atoms with Gasteiger partial charge in [-0.15, -0.1) is 11.3 Å². The van der Waals surface area contributed by atoms with Gasteiger partial charge in [-0.25, -0.2) is 4.99 Å². The fourth-order valence-corrected chi connectivity index (χ4v) is 2.73. The Hall–Kier alpha value is -0.550. The van der Waals surface area contributed by atoms with Crippen molar-refractivity contribution in [3.05, 3.63) is 20.8 Å². The van der Waals surface area contributed by atoms with Gasteiger partial charge in [0, 0.05) is 9.35 Å². The molecular formula is C7H7BrN2OS. The number of nitrogens with zero attached hydrogens (tertiary/aromatic N) is 1. The Bertz CT molecular complexity index is 323. The molecule has 1 aliphatic heterocycles. The Morgan fingerprint density at radius 1 is 1.75 bits per heavy atom. The van der Waals surface area contributed by atoms with E-state index >= 15 is 0 Å². The van der Waals surface area contributed by atoms with Gasteiger partial charge in [0.05, 0.1) is 0 Å². The van der Waals surface area contributed by atoms with E-state index in [1.165, 1.54) is 4.88 Å². The second-order valence-electron chi connectivity index (χ2n) is 2.43. The Balaban J connectivity index is 2.27. The van der Waals surface area contributed by atoms with Crippen LogP contribution in [0, 0.1) is 0 Å². The summed E-state index contributed by atoms with van der Waals surface area (Å²) in [5.74, 6) is 0. The number of ether oxygens (including phenoxy) is 1. The van der Waals surface area contributed by atoms with Crippen LogP contribution < -0.4 is 5.73 Å². The number of aliphatic imine (C=N–C) groups is 1. The van der Waals surface area contributed by atoms with E-state index in [0.717, 1.165) is 4.47 Å². The number of halogens is 1. The summed E-state index contributed by atoms with van der Waals surface area (Å²) in [6, 6.07) is 2.38. The zero-order chi connectivity index (χ0) is 8.55. The van der Waals surface area contributed by atoms with Crippen molar-refractivity contribution in [3.8, 4) is 0 Å². The minimum Gasteiger partial charge on any atom is -0.463 e. The lowest BCUT2D eigenvalue weighted by Gasteiger charge is -2.01. The molecule has 0 aliphatic carbocycles. The lowest BCUT2D eigenvalue weighted by atomic mass is 10.3. The molecule has 1 aromatic heterocycles. The molecule has 0 saturated heterocycles. The lowest BCUT2D eigenvalue weighted by molar-refractivity contribution is 0.316. The average Bonchev–Trinajstić information content (AvgIpc) is 2.58. The van der Waals surface area contributed by atoms with Gasteiger partial charge in [0.15, 0.2) is 0 Å². The third-order valence-electron chi connectivity index (χ3n) is 1.62. The van der Waals surface area contributed by atoms with Gasteiger partial charge >= 0.3 is 0 Å². The van der Waals surface area contributed by atoms with E-state index in [0.29, 0.717) is 12.6 Å². The minimum atomic E-state index is 0.0828. The van der Waals surface area contributed by atoms with Crippen molar-refractivity contribution in [3.63, 3.8) is 0 Å². The van der Waals surface area contributed by atoms with Crippen molar-refractivity contribution in [1.82, 2.24) is 0 Å². The number of amidine groups is 1. The summed E-state index contributed by atoms with van der Waals surface area (Å²) in [4.78, 5) is 5.32. The number of rotatable bonds is 1. The maximum absolute atomic E-state index is 5.40. The first kappa shape index (κ1) is 8.07. The van der Waals surface area contributed by atoms with Crippen molar-refractivity contribution in [2.75, 3.05) is 6.61 Å². The van der Waals surface area contributed by atoms with Gasteiger partial charge in [0.1, 0.15) is 12.6 Å². The fraction of sp³-hybridized carbons (Fsp3) is 0.286. The number of nitrogens with two attached hydrogens (primary N) is 1. The topological polar surface area (TPSA) is 47.6 Å². The minimum absolute atomic E-state index is 0.0828. The molecule has 2 N–H and O–H groups in total. The van der Waals surface area contributed by atoms with Crippen LogP contribution in [0.3, 0.4) is 0 Å². The molecule has 0 bridgehead atoms. The monoisotopic (exact) mass is 246 g/mol. The van der Waals surface area contributed by atoms with Crippen LogP contribution in [0.4, 0.5) is 0 Å². The normalized spacial score (nSPS) is 22.1. The second kappa shape index (κ2) is 3.06. The van der Waals surface area contributed by atoms with E-state index in [1.807, 2.05) is 11.4 Å². The molecule has 12 heavy (non-hydrogen) atoms. The molecule has 0 aromatic carbocycles. The van der Waals surface area contributed by atoms with Crippen LogP contribution in [0.2, 0.25) is 0 Å². The molecule has 0 fully saturated rings. The van der Waals surface area contributed by atoms with E-state index in [9.17, 15) is 0 Å². The van der Waals surface area contributed by atoms with Crippen molar-refractivity contribution in [2.45, 2.75) is 6.04 Å². The SMILES string of the molecule is NC1=NC(c2sccc2Br)CO1. The van der Waals surface area contributed by atoms with Crippen LogP contribution in [0.1, 0.15) is 10.9 Å². The first-order chi connectivity index (χ1) is 5.77. The van der Waals surface area contributed by atoms with Gasteiger partial charge in [-0.1, -0.05) is 0 Å². The Morgan fingerprint density at radius 3 is 3.08 bits per heavy atom.